The van der Waals surface area contributed by atoms with Crippen molar-refractivity contribution in [1.82, 2.24) is 9.55 Å². The molecule has 8 heteroatoms. The minimum absolute atomic E-state index is 0.0253. The summed E-state index contributed by atoms with van der Waals surface area (Å²) in [5.74, 6) is 0.553. The molecule has 162 valence electrons. The molecule has 0 aliphatic carbocycles. The molecule has 0 spiro atoms. The average Bonchev–Trinajstić information content (AvgIpc) is 3.23. The minimum Gasteiger partial charge on any atom is -0.497 e. The first-order valence-corrected chi connectivity index (χ1v) is 9.69. The SMILES string of the molecule is COc1ccc(-n2cc(-c3ccccc3)nc2NC(=O)c2ccc(OC(F)F)cc2)cc1. The highest BCUT2D eigenvalue weighted by molar-refractivity contribution is 6.03. The molecule has 0 fully saturated rings. The van der Waals surface area contributed by atoms with Crippen molar-refractivity contribution < 1.29 is 23.0 Å². The number of halogens is 2. The van der Waals surface area contributed by atoms with Gasteiger partial charge in [-0.05, 0) is 48.5 Å². The summed E-state index contributed by atoms with van der Waals surface area (Å²) >= 11 is 0. The number of carbonyl (C=O) groups excluding carboxylic acids is 1. The van der Waals surface area contributed by atoms with Crippen LogP contribution in [0.5, 0.6) is 11.5 Å². The number of ether oxygens (including phenoxy) is 2. The van der Waals surface area contributed by atoms with Crippen LogP contribution in [0.25, 0.3) is 16.9 Å². The average molecular weight is 435 g/mol. The van der Waals surface area contributed by atoms with Crippen LogP contribution >= 0.6 is 0 Å². The number of amides is 1. The van der Waals surface area contributed by atoms with Crippen LogP contribution in [0.4, 0.5) is 14.7 Å². The smallest absolute Gasteiger partial charge is 0.387 e. The fourth-order valence-corrected chi connectivity index (χ4v) is 3.12. The number of nitrogens with zero attached hydrogens (tertiary/aromatic N) is 2. The van der Waals surface area contributed by atoms with Crippen molar-refractivity contribution in [1.29, 1.82) is 0 Å². The van der Waals surface area contributed by atoms with Gasteiger partial charge in [0.15, 0.2) is 0 Å². The van der Waals surface area contributed by atoms with E-state index in [0.717, 1.165) is 11.3 Å². The van der Waals surface area contributed by atoms with Crippen LogP contribution < -0.4 is 14.8 Å². The molecule has 3 aromatic carbocycles. The van der Waals surface area contributed by atoms with Gasteiger partial charge in [-0.3, -0.25) is 14.7 Å². The Kier molecular flexibility index (Phi) is 6.12. The van der Waals surface area contributed by atoms with E-state index >= 15 is 0 Å². The van der Waals surface area contributed by atoms with E-state index in [9.17, 15) is 13.6 Å². The first kappa shape index (κ1) is 21.0. The Morgan fingerprint density at radius 3 is 2.22 bits per heavy atom. The fourth-order valence-electron chi connectivity index (χ4n) is 3.12. The lowest BCUT2D eigenvalue weighted by Crippen LogP contribution is -2.15. The Morgan fingerprint density at radius 2 is 1.59 bits per heavy atom. The third-order valence-corrected chi connectivity index (χ3v) is 4.69. The highest BCUT2D eigenvalue weighted by Gasteiger charge is 2.15. The molecular weight excluding hydrogens is 416 g/mol. The number of nitrogens with one attached hydrogen (secondary N) is 1. The van der Waals surface area contributed by atoms with Gasteiger partial charge in [-0.1, -0.05) is 30.3 Å². The molecule has 1 amide bonds. The number of hydrogen-bond acceptors (Lipinski definition) is 4. The van der Waals surface area contributed by atoms with Gasteiger partial charge in [0.25, 0.3) is 5.91 Å². The number of rotatable bonds is 7. The zero-order chi connectivity index (χ0) is 22.5. The first-order valence-electron chi connectivity index (χ1n) is 9.69. The summed E-state index contributed by atoms with van der Waals surface area (Å²) in [6, 6.07) is 22.3. The van der Waals surface area contributed by atoms with E-state index in [-0.39, 0.29) is 11.3 Å². The molecule has 0 saturated carbocycles. The van der Waals surface area contributed by atoms with Crippen molar-refractivity contribution in [3.8, 4) is 28.4 Å². The molecule has 0 aliphatic rings. The predicted octanol–water partition coefficient (Wildman–Crippen LogP) is 5.40. The maximum Gasteiger partial charge on any atom is 0.387 e. The molecule has 1 aromatic heterocycles. The van der Waals surface area contributed by atoms with Crippen LogP contribution in [0.15, 0.2) is 85.1 Å². The standard InChI is InChI=1S/C24H19F2N3O3/c1-31-19-13-9-18(10-14-19)29-15-21(16-5-3-2-4-6-16)27-24(29)28-22(30)17-7-11-20(12-8-17)32-23(25)26/h2-15,23H,1H3,(H,27,28,30). The number of anilines is 1. The topological polar surface area (TPSA) is 65.4 Å². The summed E-state index contributed by atoms with van der Waals surface area (Å²) in [7, 11) is 1.59. The first-order chi connectivity index (χ1) is 15.5. The van der Waals surface area contributed by atoms with Crippen molar-refractivity contribution in [2.75, 3.05) is 12.4 Å². The summed E-state index contributed by atoms with van der Waals surface area (Å²) in [6.45, 7) is -2.93. The summed E-state index contributed by atoms with van der Waals surface area (Å²) < 4.78 is 36.0. The Balaban J connectivity index is 1.65. The fraction of sp³-hybridized carbons (Fsp3) is 0.0833. The summed E-state index contributed by atoms with van der Waals surface area (Å²) in [5, 5.41) is 2.80. The van der Waals surface area contributed by atoms with Gasteiger partial charge in [-0.15, -0.1) is 0 Å². The van der Waals surface area contributed by atoms with Crippen molar-refractivity contribution in [2.45, 2.75) is 6.61 Å². The summed E-state index contributed by atoms with van der Waals surface area (Å²) in [4.78, 5) is 17.4. The molecule has 4 rings (SSSR count). The molecule has 0 aliphatic heterocycles. The number of hydrogen-bond donors (Lipinski definition) is 1. The Labute approximate surface area is 183 Å². The second-order valence-corrected chi connectivity index (χ2v) is 6.74. The van der Waals surface area contributed by atoms with E-state index in [4.69, 9.17) is 4.74 Å². The zero-order valence-corrected chi connectivity index (χ0v) is 17.0. The largest absolute Gasteiger partial charge is 0.497 e. The number of benzene rings is 3. The highest BCUT2D eigenvalue weighted by Crippen LogP contribution is 2.26. The second kappa shape index (κ2) is 9.30. The van der Waals surface area contributed by atoms with E-state index in [0.29, 0.717) is 17.4 Å². The van der Waals surface area contributed by atoms with Crippen LogP contribution in [0.2, 0.25) is 0 Å². The Hall–Kier alpha value is -4.20. The third kappa shape index (κ3) is 4.75. The van der Waals surface area contributed by atoms with Gasteiger partial charge in [0, 0.05) is 23.0 Å². The Morgan fingerprint density at radius 1 is 0.938 bits per heavy atom. The van der Waals surface area contributed by atoms with E-state index in [2.05, 4.69) is 15.0 Å². The van der Waals surface area contributed by atoms with Gasteiger partial charge in [-0.2, -0.15) is 8.78 Å². The monoisotopic (exact) mass is 435 g/mol. The lowest BCUT2D eigenvalue weighted by molar-refractivity contribution is -0.0498. The highest BCUT2D eigenvalue weighted by atomic mass is 19.3. The maximum atomic E-state index is 12.8. The maximum absolute atomic E-state index is 12.8. The van der Waals surface area contributed by atoms with Crippen LogP contribution in [0.1, 0.15) is 10.4 Å². The van der Waals surface area contributed by atoms with Crippen molar-refractivity contribution >= 4 is 11.9 Å². The lowest BCUT2D eigenvalue weighted by atomic mass is 10.2. The molecule has 0 unspecified atom stereocenters. The molecule has 0 saturated heterocycles. The molecule has 0 atom stereocenters. The molecule has 32 heavy (non-hydrogen) atoms. The Bertz CT molecular complexity index is 1190. The minimum atomic E-state index is -2.93. The number of aromatic nitrogens is 2. The lowest BCUT2D eigenvalue weighted by Gasteiger charge is -2.10. The van der Waals surface area contributed by atoms with Crippen LogP contribution in [0, 0.1) is 0 Å². The number of imidazole rings is 1. The van der Waals surface area contributed by atoms with Gasteiger partial charge in [0.2, 0.25) is 5.95 Å². The molecule has 1 heterocycles. The van der Waals surface area contributed by atoms with E-state index in [1.807, 2.05) is 60.8 Å². The summed E-state index contributed by atoms with van der Waals surface area (Å²) in [5.41, 5.74) is 2.62. The molecule has 4 aromatic rings. The van der Waals surface area contributed by atoms with Gasteiger partial charge in [0.05, 0.1) is 12.8 Å². The molecule has 0 radical (unpaired) electrons. The number of alkyl halides is 2. The predicted molar refractivity (Wildman–Crippen MR) is 117 cm³/mol. The van der Waals surface area contributed by atoms with Gasteiger partial charge in [0.1, 0.15) is 11.5 Å². The van der Waals surface area contributed by atoms with E-state index in [1.54, 1.807) is 11.7 Å². The van der Waals surface area contributed by atoms with Crippen LogP contribution in [0.3, 0.4) is 0 Å². The van der Waals surface area contributed by atoms with Crippen molar-refractivity contribution in [2.24, 2.45) is 0 Å². The van der Waals surface area contributed by atoms with E-state index < -0.39 is 12.5 Å². The second-order valence-electron chi connectivity index (χ2n) is 6.74. The quantitative estimate of drug-likeness (QED) is 0.422. The van der Waals surface area contributed by atoms with Gasteiger partial charge < -0.3 is 9.47 Å². The number of methoxy groups -OCH3 is 1. The summed E-state index contributed by atoms with van der Waals surface area (Å²) in [6.07, 6.45) is 1.83. The normalized spacial score (nSPS) is 10.8. The molecule has 1 N–H and O–H groups in total. The molecular formula is C24H19F2N3O3. The van der Waals surface area contributed by atoms with Gasteiger partial charge >= 0.3 is 6.61 Å². The zero-order valence-electron chi connectivity index (χ0n) is 17.0. The number of carbonyl (C=O) groups is 1. The van der Waals surface area contributed by atoms with Crippen molar-refractivity contribution in [3.63, 3.8) is 0 Å². The van der Waals surface area contributed by atoms with Crippen LogP contribution in [-0.4, -0.2) is 29.2 Å². The molecule has 6 nitrogen and oxygen atoms in total. The van der Waals surface area contributed by atoms with Crippen molar-refractivity contribution in [3.05, 3.63) is 90.6 Å². The van der Waals surface area contributed by atoms with E-state index in [1.165, 1.54) is 24.3 Å². The molecule has 0 bridgehead atoms. The third-order valence-electron chi connectivity index (χ3n) is 4.69. The van der Waals surface area contributed by atoms with Gasteiger partial charge in [-0.25, -0.2) is 4.98 Å². The van der Waals surface area contributed by atoms with Crippen LogP contribution in [-0.2, 0) is 0 Å².